The Morgan fingerprint density at radius 3 is 2.18 bits per heavy atom. The molecule has 2 rings (SSSR count). The molecular formula is C18H21NO3. The molecule has 4 nitrogen and oxygen atoms in total. The molecule has 0 fully saturated rings. The second-order valence-corrected chi connectivity index (χ2v) is 5.08. The summed E-state index contributed by atoms with van der Waals surface area (Å²) in [5.74, 6) is -0.848. The van der Waals surface area contributed by atoms with E-state index < -0.39 is 12.0 Å². The number of rotatable bonds is 9. The standard InChI is InChI=1S/C18H21NO3/c20-18(21)17(19-13-15-7-3-1-4-8-15)11-12-22-14-16-9-5-2-6-10-16/h1-10,17,19H,11-14H2,(H,20,21). The lowest BCUT2D eigenvalue weighted by atomic mass is 10.2. The van der Waals surface area contributed by atoms with Crippen molar-refractivity contribution in [2.45, 2.75) is 25.6 Å². The number of ether oxygens (including phenoxy) is 1. The summed E-state index contributed by atoms with van der Waals surface area (Å²) in [6, 6.07) is 19.0. The molecule has 0 heterocycles. The Bertz CT molecular complexity index is 557. The lowest BCUT2D eigenvalue weighted by Crippen LogP contribution is -2.37. The van der Waals surface area contributed by atoms with Crippen molar-refractivity contribution in [3.05, 3.63) is 71.8 Å². The van der Waals surface area contributed by atoms with Crippen molar-refractivity contribution in [1.29, 1.82) is 0 Å². The summed E-state index contributed by atoms with van der Waals surface area (Å²) in [5, 5.41) is 12.3. The number of nitrogens with one attached hydrogen (secondary N) is 1. The van der Waals surface area contributed by atoms with Gasteiger partial charge in [-0.3, -0.25) is 4.79 Å². The van der Waals surface area contributed by atoms with E-state index >= 15 is 0 Å². The number of hydrogen-bond acceptors (Lipinski definition) is 3. The highest BCUT2D eigenvalue weighted by atomic mass is 16.5. The van der Waals surface area contributed by atoms with E-state index in [-0.39, 0.29) is 0 Å². The Labute approximate surface area is 130 Å². The van der Waals surface area contributed by atoms with Crippen LogP contribution in [0.1, 0.15) is 17.5 Å². The van der Waals surface area contributed by atoms with Crippen LogP contribution in [-0.2, 0) is 22.7 Å². The first kappa shape index (κ1) is 16.2. The molecule has 0 aliphatic rings. The lowest BCUT2D eigenvalue weighted by molar-refractivity contribution is -0.140. The van der Waals surface area contributed by atoms with Crippen LogP contribution in [0.4, 0.5) is 0 Å². The summed E-state index contributed by atoms with van der Waals surface area (Å²) in [6.45, 7) is 1.45. The topological polar surface area (TPSA) is 58.6 Å². The molecule has 0 saturated heterocycles. The number of hydrogen-bond donors (Lipinski definition) is 2. The number of carboxylic acids is 1. The van der Waals surface area contributed by atoms with Crippen LogP contribution in [0.25, 0.3) is 0 Å². The highest BCUT2D eigenvalue weighted by molar-refractivity contribution is 5.73. The van der Waals surface area contributed by atoms with Gasteiger partial charge in [-0.05, 0) is 17.5 Å². The fraction of sp³-hybridized carbons (Fsp3) is 0.278. The zero-order valence-corrected chi connectivity index (χ0v) is 12.4. The largest absolute Gasteiger partial charge is 0.480 e. The molecule has 0 aliphatic heterocycles. The Morgan fingerprint density at radius 1 is 1.00 bits per heavy atom. The summed E-state index contributed by atoms with van der Waals surface area (Å²) < 4.78 is 5.55. The van der Waals surface area contributed by atoms with Gasteiger partial charge in [-0.25, -0.2) is 0 Å². The molecule has 0 amide bonds. The molecule has 0 aromatic heterocycles. The molecule has 0 radical (unpaired) electrons. The molecule has 0 saturated carbocycles. The quantitative estimate of drug-likeness (QED) is 0.699. The van der Waals surface area contributed by atoms with Crippen LogP contribution in [0.2, 0.25) is 0 Å². The van der Waals surface area contributed by atoms with Crippen molar-refractivity contribution in [2.24, 2.45) is 0 Å². The van der Waals surface area contributed by atoms with Gasteiger partial charge in [0, 0.05) is 13.2 Å². The van der Waals surface area contributed by atoms with Gasteiger partial charge in [0.1, 0.15) is 6.04 Å². The second-order valence-electron chi connectivity index (χ2n) is 5.08. The molecule has 2 N–H and O–H groups in total. The average molecular weight is 299 g/mol. The molecular weight excluding hydrogens is 278 g/mol. The van der Waals surface area contributed by atoms with E-state index in [0.717, 1.165) is 11.1 Å². The molecule has 1 unspecified atom stereocenters. The highest BCUT2D eigenvalue weighted by Gasteiger charge is 2.16. The third kappa shape index (κ3) is 5.68. The van der Waals surface area contributed by atoms with E-state index in [0.29, 0.717) is 26.2 Å². The van der Waals surface area contributed by atoms with Crippen LogP contribution in [0.5, 0.6) is 0 Å². The SMILES string of the molecule is O=C(O)C(CCOCc1ccccc1)NCc1ccccc1. The molecule has 22 heavy (non-hydrogen) atoms. The van der Waals surface area contributed by atoms with Crippen LogP contribution in [-0.4, -0.2) is 23.7 Å². The van der Waals surface area contributed by atoms with E-state index in [9.17, 15) is 9.90 Å². The predicted molar refractivity (Wildman–Crippen MR) is 85.4 cm³/mol. The molecule has 2 aromatic carbocycles. The summed E-state index contributed by atoms with van der Waals surface area (Å²) >= 11 is 0. The summed E-state index contributed by atoms with van der Waals surface area (Å²) in [5.41, 5.74) is 2.16. The van der Waals surface area contributed by atoms with Gasteiger partial charge in [-0.1, -0.05) is 60.7 Å². The van der Waals surface area contributed by atoms with Crippen molar-refractivity contribution in [3.63, 3.8) is 0 Å². The minimum Gasteiger partial charge on any atom is -0.480 e. The first-order valence-electron chi connectivity index (χ1n) is 7.37. The monoisotopic (exact) mass is 299 g/mol. The van der Waals surface area contributed by atoms with Crippen molar-refractivity contribution in [3.8, 4) is 0 Å². The van der Waals surface area contributed by atoms with Gasteiger partial charge in [0.05, 0.1) is 6.61 Å². The maximum Gasteiger partial charge on any atom is 0.320 e. The maximum atomic E-state index is 11.3. The summed E-state index contributed by atoms with van der Waals surface area (Å²) in [4.78, 5) is 11.3. The van der Waals surface area contributed by atoms with Crippen molar-refractivity contribution in [1.82, 2.24) is 5.32 Å². The molecule has 0 spiro atoms. The van der Waals surface area contributed by atoms with Gasteiger partial charge in [0.2, 0.25) is 0 Å². The third-order valence-electron chi connectivity index (χ3n) is 3.36. The fourth-order valence-corrected chi connectivity index (χ4v) is 2.12. The van der Waals surface area contributed by atoms with E-state index in [2.05, 4.69) is 5.32 Å². The number of aliphatic carboxylic acids is 1. The zero-order valence-electron chi connectivity index (χ0n) is 12.4. The first-order chi connectivity index (χ1) is 10.8. The van der Waals surface area contributed by atoms with E-state index in [4.69, 9.17) is 4.74 Å². The maximum absolute atomic E-state index is 11.3. The van der Waals surface area contributed by atoms with Gasteiger partial charge in [0.25, 0.3) is 0 Å². The number of benzene rings is 2. The van der Waals surface area contributed by atoms with Gasteiger partial charge in [-0.2, -0.15) is 0 Å². The van der Waals surface area contributed by atoms with Crippen molar-refractivity contribution < 1.29 is 14.6 Å². The first-order valence-corrected chi connectivity index (χ1v) is 7.37. The number of carboxylic acid groups (broad SMARTS) is 1. The summed E-state index contributed by atoms with van der Waals surface area (Å²) in [6.07, 6.45) is 0.439. The van der Waals surface area contributed by atoms with Crippen LogP contribution in [0.15, 0.2) is 60.7 Å². The highest BCUT2D eigenvalue weighted by Crippen LogP contribution is 2.03. The minimum atomic E-state index is -0.848. The predicted octanol–water partition coefficient (Wildman–Crippen LogP) is 2.84. The van der Waals surface area contributed by atoms with Crippen molar-refractivity contribution in [2.75, 3.05) is 6.61 Å². The smallest absolute Gasteiger partial charge is 0.320 e. The normalized spacial score (nSPS) is 12.0. The lowest BCUT2D eigenvalue weighted by Gasteiger charge is -2.14. The van der Waals surface area contributed by atoms with E-state index in [1.54, 1.807) is 0 Å². The van der Waals surface area contributed by atoms with Gasteiger partial charge in [-0.15, -0.1) is 0 Å². The summed E-state index contributed by atoms with van der Waals surface area (Å²) in [7, 11) is 0. The Morgan fingerprint density at radius 2 is 1.59 bits per heavy atom. The van der Waals surface area contributed by atoms with Gasteiger partial charge in [0.15, 0.2) is 0 Å². The second kappa shape index (κ2) is 8.97. The number of carbonyl (C=O) groups is 1. The Hall–Kier alpha value is -2.17. The van der Waals surface area contributed by atoms with Crippen LogP contribution in [0.3, 0.4) is 0 Å². The Kier molecular flexibility index (Phi) is 6.61. The van der Waals surface area contributed by atoms with Gasteiger partial charge < -0.3 is 15.2 Å². The van der Waals surface area contributed by atoms with Crippen molar-refractivity contribution >= 4 is 5.97 Å². The van der Waals surface area contributed by atoms with E-state index in [1.807, 2.05) is 60.7 Å². The third-order valence-corrected chi connectivity index (χ3v) is 3.36. The average Bonchev–Trinajstić information content (AvgIpc) is 2.55. The van der Waals surface area contributed by atoms with Crippen LogP contribution < -0.4 is 5.32 Å². The molecule has 116 valence electrons. The van der Waals surface area contributed by atoms with Gasteiger partial charge >= 0.3 is 5.97 Å². The van der Waals surface area contributed by atoms with Crippen LogP contribution in [0, 0.1) is 0 Å². The molecule has 0 aliphatic carbocycles. The minimum absolute atomic E-state index is 0.410. The molecule has 0 bridgehead atoms. The molecule has 4 heteroatoms. The zero-order chi connectivity index (χ0) is 15.6. The molecule has 1 atom stereocenters. The molecule has 2 aromatic rings. The van der Waals surface area contributed by atoms with E-state index in [1.165, 1.54) is 0 Å². The fourth-order valence-electron chi connectivity index (χ4n) is 2.12. The Balaban J connectivity index is 1.71. The van der Waals surface area contributed by atoms with Crippen LogP contribution >= 0.6 is 0 Å².